The van der Waals surface area contributed by atoms with E-state index in [1.807, 2.05) is 16.8 Å². The highest BCUT2D eigenvalue weighted by atomic mass is 32.1. The van der Waals surface area contributed by atoms with Gasteiger partial charge in [-0.15, -0.1) is 10.2 Å². The first-order valence-corrected chi connectivity index (χ1v) is 5.77. The number of aromatic nitrogens is 2. The molecule has 2 aromatic rings. The molecule has 0 spiro atoms. The van der Waals surface area contributed by atoms with Crippen LogP contribution in [0.1, 0.15) is 18.7 Å². The molecule has 0 unspecified atom stereocenters. The van der Waals surface area contributed by atoms with E-state index in [1.54, 1.807) is 11.3 Å². The van der Waals surface area contributed by atoms with Crippen LogP contribution in [0.3, 0.4) is 0 Å². The van der Waals surface area contributed by atoms with Gasteiger partial charge in [0.2, 0.25) is 11.8 Å². The fraction of sp³-hybridized carbons (Fsp3) is 0.300. The van der Waals surface area contributed by atoms with Crippen molar-refractivity contribution in [1.29, 1.82) is 0 Å². The minimum absolute atomic E-state index is 0.121. The number of carboxylic acid groups (broad SMARTS) is 1. The Hall–Kier alpha value is -1.69. The molecule has 0 aliphatic rings. The number of thiophene rings is 1. The van der Waals surface area contributed by atoms with Crippen LogP contribution in [0.2, 0.25) is 0 Å². The van der Waals surface area contributed by atoms with E-state index < -0.39 is 5.97 Å². The van der Waals surface area contributed by atoms with Gasteiger partial charge in [0.15, 0.2) is 0 Å². The Morgan fingerprint density at radius 2 is 2.38 bits per heavy atom. The van der Waals surface area contributed by atoms with E-state index in [9.17, 15) is 4.79 Å². The molecule has 0 atom stereocenters. The molecule has 0 aliphatic carbocycles. The average Bonchev–Trinajstić information content (AvgIpc) is 2.85. The van der Waals surface area contributed by atoms with Gasteiger partial charge in [0.05, 0.1) is 0 Å². The Kier molecular flexibility index (Phi) is 3.31. The van der Waals surface area contributed by atoms with Crippen LogP contribution in [0, 0.1) is 0 Å². The van der Waals surface area contributed by atoms with Crippen LogP contribution in [0.5, 0.6) is 0 Å². The molecule has 0 saturated carbocycles. The predicted molar refractivity (Wildman–Crippen MR) is 58.2 cm³/mol. The third-order valence-electron chi connectivity index (χ3n) is 2.02. The van der Waals surface area contributed by atoms with Crippen molar-refractivity contribution in [2.75, 3.05) is 0 Å². The highest BCUT2D eigenvalue weighted by Crippen LogP contribution is 2.20. The Morgan fingerprint density at radius 1 is 1.50 bits per heavy atom. The van der Waals surface area contributed by atoms with Crippen LogP contribution in [0.25, 0.3) is 11.5 Å². The summed E-state index contributed by atoms with van der Waals surface area (Å²) in [5, 5.41) is 20.1. The zero-order chi connectivity index (χ0) is 11.4. The quantitative estimate of drug-likeness (QED) is 0.864. The summed E-state index contributed by atoms with van der Waals surface area (Å²) < 4.78 is 5.40. The van der Waals surface area contributed by atoms with Crippen LogP contribution in [-0.2, 0) is 11.2 Å². The SMILES string of the molecule is O=C(O)CCCc1nnc(-c2ccsc2)o1. The van der Waals surface area contributed by atoms with E-state index in [4.69, 9.17) is 9.52 Å². The monoisotopic (exact) mass is 238 g/mol. The molecular formula is C10H10N2O3S. The number of nitrogens with zero attached hydrogens (tertiary/aromatic N) is 2. The summed E-state index contributed by atoms with van der Waals surface area (Å²) >= 11 is 1.56. The van der Waals surface area contributed by atoms with Crippen LogP contribution in [-0.4, -0.2) is 21.3 Å². The van der Waals surface area contributed by atoms with Crippen molar-refractivity contribution in [1.82, 2.24) is 10.2 Å². The first-order chi connectivity index (χ1) is 7.75. The van der Waals surface area contributed by atoms with E-state index in [2.05, 4.69) is 10.2 Å². The van der Waals surface area contributed by atoms with E-state index in [0.29, 0.717) is 24.6 Å². The lowest BCUT2D eigenvalue weighted by Crippen LogP contribution is -1.95. The normalized spacial score (nSPS) is 10.5. The molecule has 6 heteroatoms. The fourth-order valence-corrected chi connectivity index (χ4v) is 1.88. The summed E-state index contributed by atoms with van der Waals surface area (Å²) in [7, 11) is 0. The van der Waals surface area contributed by atoms with E-state index in [1.165, 1.54) is 0 Å². The predicted octanol–water partition coefficient (Wildman–Crippen LogP) is 2.21. The van der Waals surface area contributed by atoms with Crippen molar-refractivity contribution >= 4 is 17.3 Å². The number of hydrogen-bond donors (Lipinski definition) is 1. The molecule has 5 nitrogen and oxygen atoms in total. The Balaban J connectivity index is 1.95. The van der Waals surface area contributed by atoms with Gasteiger partial charge < -0.3 is 9.52 Å². The Labute approximate surface area is 95.7 Å². The number of hydrogen-bond acceptors (Lipinski definition) is 5. The number of aryl methyl sites for hydroxylation is 1. The van der Waals surface area contributed by atoms with E-state index >= 15 is 0 Å². The Morgan fingerprint density at radius 3 is 3.06 bits per heavy atom. The van der Waals surface area contributed by atoms with Crippen molar-refractivity contribution < 1.29 is 14.3 Å². The third-order valence-corrected chi connectivity index (χ3v) is 2.70. The summed E-state index contributed by atoms with van der Waals surface area (Å²) in [4.78, 5) is 10.3. The first-order valence-electron chi connectivity index (χ1n) is 4.82. The van der Waals surface area contributed by atoms with Crippen molar-refractivity contribution in [3.8, 4) is 11.5 Å². The van der Waals surface area contributed by atoms with Crippen molar-refractivity contribution in [2.24, 2.45) is 0 Å². The van der Waals surface area contributed by atoms with E-state index in [0.717, 1.165) is 5.56 Å². The molecule has 0 fully saturated rings. The van der Waals surface area contributed by atoms with Gasteiger partial charge >= 0.3 is 5.97 Å². The second-order valence-electron chi connectivity index (χ2n) is 3.26. The standard InChI is InChI=1S/C10H10N2O3S/c13-9(14)3-1-2-8-11-12-10(15-8)7-4-5-16-6-7/h4-6H,1-3H2,(H,13,14). The lowest BCUT2D eigenvalue weighted by Gasteiger charge is -1.91. The maximum Gasteiger partial charge on any atom is 0.303 e. The molecule has 2 aromatic heterocycles. The summed E-state index contributed by atoms with van der Waals surface area (Å²) in [5.41, 5.74) is 0.905. The molecule has 2 heterocycles. The molecule has 84 valence electrons. The zero-order valence-corrected chi connectivity index (χ0v) is 9.24. The van der Waals surface area contributed by atoms with Crippen molar-refractivity contribution in [3.05, 3.63) is 22.7 Å². The number of carbonyl (C=O) groups is 1. The zero-order valence-electron chi connectivity index (χ0n) is 8.42. The van der Waals surface area contributed by atoms with Gasteiger partial charge in [-0.2, -0.15) is 11.3 Å². The maximum absolute atomic E-state index is 10.3. The molecule has 0 saturated heterocycles. The molecule has 0 aliphatic heterocycles. The van der Waals surface area contributed by atoms with Gasteiger partial charge in [-0.25, -0.2) is 0 Å². The van der Waals surface area contributed by atoms with Crippen LogP contribution in [0.4, 0.5) is 0 Å². The Bertz CT molecular complexity index is 464. The van der Waals surface area contributed by atoms with Crippen molar-refractivity contribution in [2.45, 2.75) is 19.3 Å². The second-order valence-corrected chi connectivity index (χ2v) is 4.04. The number of rotatable bonds is 5. The highest BCUT2D eigenvalue weighted by molar-refractivity contribution is 7.08. The smallest absolute Gasteiger partial charge is 0.303 e. The summed E-state index contributed by atoms with van der Waals surface area (Å²) in [6, 6.07) is 1.90. The highest BCUT2D eigenvalue weighted by Gasteiger charge is 2.08. The molecule has 2 rings (SSSR count). The van der Waals surface area contributed by atoms with Gasteiger partial charge in [0.1, 0.15) is 0 Å². The minimum atomic E-state index is -0.808. The lowest BCUT2D eigenvalue weighted by atomic mass is 10.2. The molecular weight excluding hydrogens is 228 g/mol. The maximum atomic E-state index is 10.3. The van der Waals surface area contributed by atoms with Crippen molar-refractivity contribution in [3.63, 3.8) is 0 Å². The summed E-state index contributed by atoms with van der Waals surface area (Å²) in [6.45, 7) is 0. The molecule has 1 N–H and O–H groups in total. The molecule has 0 bridgehead atoms. The second kappa shape index (κ2) is 4.89. The third kappa shape index (κ3) is 2.66. The van der Waals surface area contributed by atoms with Gasteiger partial charge in [-0.1, -0.05) is 0 Å². The van der Waals surface area contributed by atoms with Gasteiger partial charge in [-0.05, 0) is 17.9 Å². The topological polar surface area (TPSA) is 76.2 Å². The molecule has 0 amide bonds. The largest absolute Gasteiger partial charge is 0.481 e. The molecule has 16 heavy (non-hydrogen) atoms. The van der Waals surface area contributed by atoms with E-state index in [-0.39, 0.29) is 6.42 Å². The summed E-state index contributed by atoms with van der Waals surface area (Å²) in [6.07, 6.45) is 1.14. The lowest BCUT2D eigenvalue weighted by molar-refractivity contribution is -0.137. The van der Waals surface area contributed by atoms with Gasteiger partial charge in [0.25, 0.3) is 0 Å². The van der Waals surface area contributed by atoms with Gasteiger partial charge in [0, 0.05) is 23.8 Å². The van der Waals surface area contributed by atoms with Gasteiger partial charge in [-0.3, -0.25) is 4.79 Å². The first kappa shape index (κ1) is 10.8. The van der Waals surface area contributed by atoms with Crippen LogP contribution < -0.4 is 0 Å². The molecule has 0 aromatic carbocycles. The number of aliphatic carboxylic acids is 1. The summed E-state index contributed by atoms with van der Waals surface area (Å²) in [5.74, 6) is 0.173. The molecule has 0 radical (unpaired) electrons. The fourth-order valence-electron chi connectivity index (χ4n) is 1.25. The van der Waals surface area contributed by atoms with Crippen LogP contribution >= 0.6 is 11.3 Å². The minimum Gasteiger partial charge on any atom is -0.481 e. The van der Waals surface area contributed by atoms with Crippen LogP contribution in [0.15, 0.2) is 21.2 Å². The number of carboxylic acids is 1. The average molecular weight is 238 g/mol.